The van der Waals surface area contributed by atoms with E-state index in [4.69, 9.17) is 9.47 Å². The number of anilines is 1. The summed E-state index contributed by atoms with van der Waals surface area (Å²) in [5, 5.41) is 13.3. The molecule has 1 N–H and O–H groups in total. The second kappa shape index (κ2) is 5.23. The van der Waals surface area contributed by atoms with Gasteiger partial charge < -0.3 is 14.8 Å². The summed E-state index contributed by atoms with van der Waals surface area (Å²) < 4.78 is 9.82. The van der Waals surface area contributed by atoms with Crippen LogP contribution in [0.25, 0.3) is 0 Å². The van der Waals surface area contributed by atoms with Gasteiger partial charge in [0, 0.05) is 37.9 Å². The predicted molar refractivity (Wildman–Crippen MR) is 71.1 cm³/mol. The number of benzene rings is 1. The predicted octanol–water partition coefficient (Wildman–Crippen LogP) is 1.73. The van der Waals surface area contributed by atoms with E-state index in [1.165, 1.54) is 32.0 Å². The molecular formula is C13H12N2O6. The molecule has 0 atom stereocenters. The monoisotopic (exact) mass is 292 g/mol. The molecular weight excluding hydrogens is 280 g/mol. The lowest BCUT2D eigenvalue weighted by Gasteiger charge is -2.29. The Bertz CT molecular complexity index is 628. The van der Waals surface area contributed by atoms with Crippen molar-refractivity contribution in [3.8, 4) is 0 Å². The number of nitro benzene ring substituents is 1. The van der Waals surface area contributed by atoms with Gasteiger partial charge in [-0.25, -0.2) is 9.59 Å². The number of nitrogens with zero attached hydrogens (tertiary/aromatic N) is 1. The smallest absolute Gasteiger partial charge is 0.350 e. The van der Waals surface area contributed by atoms with E-state index in [0.29, 0.717) is 5.69 Å². The van der Waals surface area contributed by atoms with Crippen molar-refractivity contribution in [1.82, 2.24) is 0 Å². The number of nitrogens with one attached hydrogen (secondary N) is 1. The summed E-state index contributed by atoms with van der Waals surface area (Å²) >= 11 is 0. The lowest BCUT2D eigenvalue weighted by atomic mass is 10.2. The number of cyclic esters (lactones) is 2. The van der Waals surface area contributed by atoms with Crippen LogP contribution in [0.1, 0.15) is 13.8 Å². The molecule has 1 saturated heterocycles. The highest BCUT2D eigenvalue weighted by Crippen LogP contribution is 2.23. The molecule has 1 aliphatic rings. The Labute approximate surface area is 119 Å². The van der Waals surface area contributed by atoms with Crippen molar-refractivity contribution in [2.24, 2.45) is 0 Å². The van der Waals surface area contributed by atoms with E-state index in [1.54, 1.807) is 6.07 Å². The zero-order valence-corrected chi connectivity index (χ0v) is 11.3. The fourth-order valence-electron chi connectivity index (χ4n) is 1.64. The molecule has 0 spiro atoms. The lowest BCUT2D eigenvalue weighted by molar-refractivity contribution is -0.384. The number of esters is 2. The number of hydrogen-bond donors (Lipinski definition) is 1. The quantitative estimate of drug-likeness (QED) is 0.297. The lowest BCUT2D eigenvalue weighted by Crippen LogP contribution is -2.42. The molecule has 1 aliphatic heterocycles. The van der Waals surface area contributed by atoms with Crippen LogP contribution < -0.4 is 5.32 Å². The molecule has 0 saturated carbocycles. The van der Waals surface area contributed by atoms with Gasteiger partial charge in [0.1, 0.15) is 0 Å². The molecule has 1 heterocycles. The average Bonchev–Trinajstić information content (AvgIpc) is 2.36. The maximum atomic E-state index is 11.7. The van der Waals surface area contributed by atoms with E-state index in [-0.39, 0.29) is 11.3 Å². The Kier molecular flexibility index (Phi) is 3.62. The Morgan fingerprint density at radius 2 is 1.86 bits per heavy atom. The van der Waals surface area contributed by atoms with Crippen molar-refractivity contribution in [2.75, 3.05) is 5.32 Å². The zero-order valence-electron chi connectivity index (χ0n) is 11.3. The first kappa shape index (κ1) is 14.5. The Morgan fingerprint density at radius 1 is 1.24 bits per heavy atom. The molecule has 8 heteroatoms. The van der Waals surface area contributed by atoms with Crippen molar-refractivity contribution in [3.05, 3.63) is 46.2 Å². The molecule has 0 aliphatic carbocycles. The van der Waals surface area contributed by atoms with Crippen LogP contribution in [0.5, 0.6) is 0 Å². The first-order chi connectivity index (χ1) is 9.78. The van der Waals surface area contributed by atoms with Gasteiger partial charge in [-0.1, -0.05) is 6.07 Å². The highest BCUT2D eigenvalue weighted by molar-refractivity contribution is 6.15. The molecule has 0 radical (unpaired) electrons. The fraction of sp³-hybridized carbons (Fsp3) is 0.231. The summed E-state index contributed by atoms with van der Waals surface area (Å²) in [6.07, 6.45) is 1.10. The number of carbonyl (C=O) groups is 2. The number of non-ortho nitro benzene ring substituents is 1. The topological polar surface area (TPSA) is 108 Å². The van der Waals surface area contributed by atoms with Crippen molar-refractivity contribution in [1.29, 1.82) is 0 Å². The van der Waals surface area contributed by atoms with Crippen molar-refractivity contribution in [3.63, 3.8) is 0 Å². The molecule has 110 valence electrons. The van der Waals surface area contributed by atoms with Gasteiger partial charge in [-0.15, -0.1) is 0 Å². The van der Waals surface area contributed by atoms with E-state index in [2.05, 4.69) is 5.32 Å². The third-order valence-electron chi connectivity index (χ3n) is 2.56. The van der Waals surface area contributed by atoms with Gasteiger partial charge in [0.15, 0.2) is 5.57 Å². The second-order valence-electron chi connectivity index (χ2n) is 4.69. The standard InChI is InChI=1S/C13H12N2O6/c1-13(2)20-11(16)10(12(17)21-13)7-14-8-4-3-5-9(6-8)15(18)19/h3-7,14H,1-2H3. The first-order valence-corrected chi connectivity index (χ1v) is 5.96. The summed E-state index contributed by atoms with van der Waals surface area (Å²) in [6.45, 7) is 2.88. The molecule has 1 fully saturated rings. The minimum absolute atomic E-state index is 0.117. The minimum Gasteiger partial charge on any atom is -0.419 e. The summed E-state index contributed by atoms with van der Waals surface area (Å²) in [7, 11) is 0. The maximum absolute atomic E-state index is 11.7. The Morgan fingerprint density at radius 3 is 2.43 bits per heavy atom. The molecule has 21 heavy (non-hydrogen) atoms. The van der Waals surface area contributed by atoms with E-state index < -0.39 is 22.6 Å². The van der Waals surface area contributed by atoms with Gasteiger partial charge in [-0.05, 0) is 6.07 Å². The molecule has 0 unspecified atom stereocenters. The Hall–Kier alpha value is -2.90. The normalized spacial score (nSPS) is 16.8. The summed E-state index contributed by atoms with van der Waals surface area (Å²) in [4.78, 5) is 33.5. The third kappa shape index (κ3) is 3.35. The van der Waals surface area contributed by atoms with E-state index >= 15 is 0 Å². The number of nitro groups is 1. The molecule has 8 nitrogen and oxygen atoms in total. The third-order valence-corrected chi connectivity index (χ3v) is 2.56. The Balaban J connectivity index is 2.18. The van der Waals surface area contributed by atoms with Gasteiger partial charge in [0.05, 0.1) is 4.92 Å². The minimum atomic E-state index is -1.31. The summed E-state index contributed by atoms with van der Waals surface area (Å²) in [6, 6.07) is 5.61. The fourth-order valence-corrected chi connectivity index (χ4v) is 1.64. The summed E-state index contributed by atoms with van der Waals surface area (Å²) in [5.41, 5.74) is -0.0868. The van der Waals surface area contributed by atoms with Crippen LogP contribution in [0.15, 0.2) is 36.0 Å². The highest BCUT2D eigenvalue weighted by Gasteiger charge is 2.38. The van der Waals surface area contributed by atoms with Crippen LogP contribution in [0, 0.1) is 10.1 Å². The molecule has 2 rings (SSSR count). The van der Waals surface area contributed by atoms with Crippen LogP contribution in [0.2, 0.25) is 0 Å². The second-order valence-corrected chi connectivity index (χ2v) is 4.69. The number of rotatable bonds is 3. The van der Waals surface area contributed by atoms with Crippen LogP contribution in [-0.2, 0) is 19.1 Å². The molecule has 1 aromatic rings. The summed E-state index contributed by atoms with van der Waals surface area (Å²) in [5.74, 6) is -2.96. The molecule has 1 aromatic carbocycles. The van der Waals surface area contributed by atoms with Crippen LogP contribution in [0.4, 0.5) is 11.4 Å². The van der Waals surface area contributed by atoms with Gasteiger partial charge in [-0.2, -0.15) is 0 Å². The highest BCUT2D eigenvalue weighted by atomic mass is 16.7. The largest absolute Gasteiger partial charge is 0.419 e. The first-order valence-electron chi connectivity index (χ1n) is 5.96. The number of carbonyl (C=O) groups excluding carboxylic acids is 2. The van der Waals surface area contributed by atoms with E-state index in [1.807, 2.05) is 0 Å². The van der Waals surface area contributed by atoms with Crippen molar-refractivity contribution < 1.29 is 24.0 Å². The van der Waals surface area contributed by atoms with Gasteiger partial charge >= 0.3 is 11.9 Å². The van der Waals surface area contributed by atoms with Gasteiger partial charge in [-0.3, -0.25) is 10.1 Å². The number of hydrogen-bond acceptors (Lipinski definition) is 7. The number of ether oxygens (including phenoxy) is 2. The van der Waals surface area contributed by atoms with Crippen LogP contribution in [-0.4, -0.2) is 22.6 Å². The maximum Gasteiger partial charge on any atom is 0.350 e. The van der Waals surface area contributed by atoms with Gasteiger partial charge in [0.2, 0.25) is 0 Å². The average molecular weight is 292 g/mol. The van der Waals surface area contributed by atoms with E-state index in [0.717, 1.165) is 6.20 Å². The molecule has 0 aromatic heterocycles. The van der Waals surface area contributed by atoms with E-state index in [9.17, 15) is 19.7 Å². The molecule has 0 amide bonds. The zero-order chi connectivity index (χ0) is 15.6. The van der Waals surface area contributed by atoms with Crippen molar-refractivity contribution >= 4 is 23.3 Å². The van der Waals surface area contributed by atoms with Crippen LogP contribution >= 0.6 is 0 Å². The van der Waals surface area contributed by atoms with Gasteiger partial charge in [0.25, 0.3) is 11.5 Å². The molecule has 0 bridgehead atoms. The van der Waals surface area contributed by atoms with Crippen LogP contribution in [0.3, 0.4) is 0 Å². The SMILES string of the molecule is CC1(C)OC(=O)C(=CNc2cccc([N+](=O)[O-])c2)C(=O)O1. The van der Waals surface area contributed by atoms with Crippen molar-refractivity contribution in [2.45, 2.75) is 19.6 Å².